The molecule has 0 spiro atoms. The Balaban J connectivity index is 1.32. The average Bonchev–Trinajstić information content (AvgIpc) is 3.70. The van der Waals surface area contributed by atoms with Crippen LogP contribution in [-0.4, -0.2) is 35.1 Å². The Labute approximate surface area is 281 Å². The number of Topliss-reactive ketones (excluding diaryl/α,β-unsaturated/α-hetero) is 1. The SMILES string of the molecule is C=CC[Si](C#CCC1=C2COCC2=C(CC#C[Si](CC=C)(c2ccccc2)c2ccccc2)C1=O)(c1ccccc1)c1ccccc1. The van der Waals surface area contributed by atoms with Crippen LogP contribution < -0.4 is 20.7 Å². The van der Waals surface area contributed by atoms with Gasteiger partial charge in [0.1, 0.15) is 0 Å². The Hall–Kier alpha value is -4.98. The van der Waals surface area contributed by atoms with E-state index >= 15 is 0 Å². The van der Waals surface area contributed by atoms with Crippen molar-refractivity contribution in [3.05, 3.63) is 169 Å². The molecule has 2 aliphatic rings. The van der Waals surface area contributed by atoms with Crippen LogP contribution in [-0.2, 0) is 9.53 Å². The predicted octanol–water partition coefficient (Wildman–Crippen LogP) is 5.96. The standard InChI is InChI=1S/C43H38O2Si2/c1-3-29-46(35-19-9-5-10-20-35,36-21-11-6-12-22-36)31-17-27-39-41-33-45-34-42(41)40(43(39)44)28-18-32-47(30-4-2,37-23-13-7-14-24-37)38-25-15-8-16-26-38/h3-16,19-26H,1-2,27-30,33-34H2. The Kier molecular flexibility index (Phi) is 9.96. The van der Waals surface area contributed by atoms with Gasteiger partial charge in [-0.05, 0) is 44.0 Å². The highest BCUT2D eigenvalue weighted by Crippen LogP contribution is 2.37. The van der Waals surface area contributed by atoms with Crippen molar-refractivity contribution in [3.8, 4) is 22.9 Å². The first-order chi connectivity index (χ1) is 23.1. The number of hydrogen-bond acceptors (Lipinski definition) is 2. The van der Waals surface area contributed by atoms with Crippen LogP contribution in [0.25, 0.3) is 0 Å². The predicted molar refractivity (Wildman–Crippen MR) is 200 cm³/mol. The van der Waals surface area contributed by atoms with E-state index in [1.165, 1.54) is 20.7 Å². The van der Waals surface area contributed by atoms with Gasteiger partial charge >= 0.3 is 0 Å². The molecule has 1 fully saturated rings. The molecule has 230 valence electrons. The van der Waals surface area contributed by atoms with E-state index in [0.29, 0.717) is 26.1 Å². The third-order valence-corrected chi connectivity index (χ3v) is 17.5. The van der Waals surface area contributed by atoms with E-state index in [1.807, 2.05) is 36.4 Å². The Morgan fingerprint density at radius 2 is 0.872 bits per heavy atom. The van der Waals surface area contributed by atoms with Crippen molar-refractivity contribution >= 4 is 42.7 Å². The van der Waals surface area contributed by atoms with E-state index in [9.17, 15) is 4.79 Å². The minimum atomic E-state index is -2.49. The van der Waals surface area contributed by atoms with E-state index in [0.717, 1.165) is 34.4 Å². The van der Waals surface area contributed by atoms with Gasteiger partial charge in [0, 0.05) is 24.0 Å². The molecule has 4 heteroatoms. The highest BCUT2D eigenvalue weighted by molar-refractivity contribution is 7.09. The fraction of sp³-hybridized carbons (Fsp3) is 0.140. The van der Waals surface area contributed by atoms with Crippen LogP contribution in [0.15, 0.2) is 169 Å². The summed E-state index contributed by atoms with van der Waals surface area (Å²) in [5, 5.41) is 4.99. The number of ketones is 1. The first kappa shape index (κ1) is 32.0. The van der Waals surface area contributed by atoms with Gasteiger partial charge in [-0.3, -0.25) is 4.79 Å². The van der Waals surface area contributed by atoms with Gasteiger partial charge in [-0.25, -0.2) is 0 Å². The van der Waals surface area contributed by atoms with Gasteiger partial charge in [-0.15, -0.1) is 36.1 Å². The number of carbonyl (C=O) groups excluding carboxylic acids is 1. The molecular formula is C43H38O2Si2. The maximum Gasteiger partial charge on any atom is 0.202 e. The molecule has 0 aromatic heterocycles. The molecule has 1 heterocycles. The Morgan fingerprint density at radius 3 is 1.17 bits per heavy atom. The Morgan fingerprint density at radius 1 is 0.553 bits per heavy atom. The van der Waals surface area contributed by atoms with Crippen molar-refractivity contribution in [1.82, 2.24) is 0 Å². The van der Waals surface area contributed by atoms with Gasteiger partial charge in [0.2, 0.25) is 16.1 Å². The molecule has 0 N–H and O–H groups in total. The monoisotopic (exact) mass is 642 g/mol. The fourth-order valence-corrected chi connectivity index (χ4v) is 14.0. The molecule has 0 atom stereocenters. The van der Waals surface area contributed by atoms with Crippen LogP contribution in [0.5, 0.6) is 0 Å². The lowest BCUT2D eigenvalue weighted by atomic mass is 10.0. The van der Waals surface area contributed by atoms with Gasteiger partial charge in [0.25, 0.3) is 0 Å². The summed E-state index contributed by atoms with van der Waals surface area (Å²) >= 11 is 0. The number of carbonyl (C=O) groups is 1. The van der Waals surface area contributed by atoms with Gasteiger partial charge in [-0.1, -0.05) is 133 Å². The van der Waals surface area contributed by atoms with Crippen LogP contribution in [0.4, 0.5) is 0 Å². The third-order valence-electron chi connectivity index (χ3n) is 9.24. The lowest BCUT2D eigenvalue weighted by Crippen LogP contribution is -2.57. The third kappa shape index (κ3) is 6.37. The molecule has 1 aliphatic carbocycles. The topological polar surface area (TPSA) is 26.3 Å². The van der Waals surface area contributed by atoms with Crippen molar-refractivity contribution in [2.24, 2.45) is 0 Å². The maximum atomic E-state index is 14.0. The summed E-state index contributed by atoms with van der Waals surface area (Å²) in [6, 6.07) is 43.9. The molecule has 47 heavy (non-hydrogen) atoms. The van der Waals surface area contributed by atoms with Crippen LogP contribution in [0.2, 0.25) is 12.1 Å². The second-order valence-corrected chi connectivity index (χ2v) is 19.2. The first-order valence-corrected chi connectivity index (χ1v) is 20.5. The molecule has 1 saturated heterocycles. The lowest BCUT2D eigenvalue weighted by molar-refractivity contribution is -0.112. The Bertz CT molecular complexity index is 1730. The molecule has 4 aromatic rings. The van der Waals surface area contributed by atoms with Gasteiger partial charge in [-0.2, -0.15) is 0 Å². The van der Waals surface area contributed by atoms with Crippen molar-refractivity contribution in [2.75, 3.05) is 13.2 Å². The molecule has 1 aliphatic heterocycles. The van der Waals surface area contributed by atoms with Crippen LogP contribution in [0.1, 0.15) is 12.8 Å². The number of rotatable bonds is 10. The molecule has 2 nitrogen and oxygen atoms in total. The first-order valence-electron chi connectivity index (χ1n) is 16.1. The molecule has 0 saturated carbocycles. The largest absolute Gasteiger partial charge is 0.372 e. The van der Waals surface area contributed by atoms with Gasteiger partial charge < -0.3 is 4.74 Å². The molecule has 0 bridgehead atoms. The normalized spacial score (nSPS) is 14.2. The van der Waals surface area contributed by atoms with E-state index in [4.69, 9.17) is 4.74 Å². The number of hydrogen-bond donors (Lipinski definition) is 0. The van der Waals surface area contributed by atoms with Crippen LogP contribution in [0.3, 0.4) is 0 Å². The summed E-state index contributed by atoms with van der Waals surface area (Å²) in [5.41, 5.74) is 11.1. The van der Waals surface area contributed by atoms with E-state index in [2.05, 4.69) is 133 Å². The van der Waals surface area contributed by atoms with Gasteiger partial charge in [0.15, 0.2) is 5.78 Å². The zero-order valence-corrected chi connectivity index (χ0v) is 28.7. The zero-order chi connectivity index (χ0) is 32.5. The minimum Gasteiger partial charge on any atom is -0.372 e. The molecular weight excluding hydrogens is 605 g/mol. The summed E-state index contributed by atoms with van der Waals surface area (Å²) in [6.45, 7) is 9.11. The average molecular weight is 643 g/mol. The molecule has 0 amide bonds. The number of fused-ring (bicyclic) bond motifs is 1. The summed E-state index contributed by atoms with van der Waals surface area (Å²) in [7, 11) is -4.98. The summed E-state index contributed by atoms with van der Waals surface area (Å²) in [5.74, 6) is 7.11. The lowest BCUT2D eigenvalue weighted by Gasteiger charge is -2.26. The summed E-state index contributed by atoms with van der Waals surface area (Å²) in [6.07, 6.45) is 4.77. The quantitative estimate of drug-likeness (QED) is 0.121. The number of allylic oxidation sites excluding steroid dienone is 4. The minimum absolute atomic E-state index is 0.0766. The van der Waals surface area contributed by atoms with Gasteiger partial charge in [0.05, 0.1) is 13.2 Å². The van der Waals surface area contributed by atoms with E-state index in [-0.39, 0.29) is 5.78 Å². The van der Waals surface area contributed by atoms with Crippen LogP contribution in [0, 0.1) is 22.9 Å². The second kappa shape index (κ2) is 14.6. The summed E-state index contributed by atoms with van der Waals surface area (Å²) < 4.78 is 5.90. The molecule has 4 aromatic carbocycles. The van der Waals surface area contributed by atoms with E-state index in [1.54, 1.807) is 0 Å². The van der Waals surface area contributed by atoms with Crippen molar-refractivity contribution in [3.63, 3.8) is 0 Å². The molecule has 0 radical (unpaired) electrons. The maximum absolute atomic E-state index is 14.0. The highest BCUT2D eigenvalue weighted by Gasteiger charge is 2.37. The number of benzene rings is 4. The zero-order valence-electron chi connectivity index (χ0n) is 26.7. The number of ether oxygens (including phenoxy) is 1. The van der Waals surface area contributed by atoms with Crippen molar-refractivity contribution < 1.29 is 9.53 Å². The van der Waals surface area contributed by atoms with Crippen molar-refractivity contribution in [1.29, 1.82) is 0 Å². The summed E-state index contributed by atoms with van der Waals surface area (Å²) in [4.78, 5) is 14.0. The van der Waals surface area contributed by atoms with Crippen molar-refractivity contribution in [2.45, 2.75) is 24.9 Å². The molecule has 6 rings (SSSR count). The smallest absolute Gasteiger partial charge is 0.202 e. The fourth-order valence-electron chi connectivity index (χ4n) is 6.88. The van der Waals surface area contributed by atoms with Crippen LogP contribution >= 0.6 is 0 Å². The highest BCUT2D eigenvalue weighted by atomic mass is 28.3. The molecule has 0 unspecified atom stereocenters. The van der Waals surface area contributed by atoms with E-state index < -0.39 is 16.1 Å². The second-order valence-electron chi connectivity index (χ2n) is 12.0.